The molecule has 0 amide bonds. The predicted molar refractivity (Wildman–Crippen MR) is 73.0 cm³/mol. The van der Waals surface area contributed by atoms with Gasteiger partial charge in [-0.1, -0.05) is 0 Å². The molecule has 16 heavy (non-hydrogen) atoms. The molecule has 0 N–H and O–H groups in total. The van der Waals surface area contributed by atoms with Gasteiger partial charge in [0, 0.05) is 5.56 Å². The van der Waals surface area contributed by atoms with Crippen molar-refractivity contribution in [2.75, 3.05) is 5.75 Å². The molecule has 7 heteroatoms. The zero-order chi connectivity index (χ0) is 12.5. The molecule has 90 valence electrons. The molecule has 1 rings (SSSR count). The Morgan fingerprint density at radius 1 is 1.44 bits per heavy atom. The lowest BCUT2D eigenvalue weighted by atomic mass is 10.2. The maximum Gasteiger partial charge on any atom is 0.179 e. The summed E-state index contributed by atoms with van der Waals surface area (Å²) in [6, 6.07) is 1.63. The Labute approximate surface area is 115 Å². The molecule has 1 heterocycles. The summed E-state index contributed by atoms with van der Waals surface area (Å²) in [4.78, 5) is 11.8. The van der Waals surface area contributed by atoms with E-state index in [0.29, 0.717) is 9.35 Å². The third-order valence-corrected chi connectivity index (χ3v) is 6.45. The summed E-state index contributed by atoms with van der Waals surface area (Å²) in [5.74, 6) is -0.811. The summed E-state index contributed by atoms with van der Waals surface area (Å²) in [7, 11) is -3.33. The average Bonchev–Trinajstić information content (AvgIpc) is 2.44. The van der Waals surface area contributed by atoms with Crippen LogP contribution in [0.2, 0.25) is 0 Å². The normalized spacial score (nSPS) is 12.1. The molecule has 0 radical (unpaired) electrons. The molecule has 0 fully saturated rings. The smallest absolute Gasteiger partial charge is 0.179 e. The Bertz CT molecular complexity index is 503. The number of rotatable bonds is 4. The Kier molecular flexibility index (Phi) is 4.74. The van der Waals surface area contributed by atoms with E-state index >= 15 is 0 Å². The van der Waals surface area contributed by atoms with Gasteiger partial charge < -0.3 is 0 Å². The van der Waals surface area contributed by atoms with Crippen LogP contribution in [-0.2, 0) is 9.84 Å². The van der Waals surface area contributed by atoms with Crippen LogP contribution in [0.1, 0.15) is 24.2 Å². The number of halogens is 2. The summed E-state index contributed by atoms with van der Waals surface area (Å²) in [6.07, 6.45) is 0. The number of hydrogen-bond acceptors (Lipinski definition) is 4. The van der Waals surface area contributed by atoms with Gasteiger partial charge in [0.15, 0.2) is 15.6 Å². The average molecular weight is 390 g/mol. The van der Waals surface area contributed by atoms with Crippen LogP contribution in [-0.4, -0.2) is 25.2 Å². The molecule has 0 aliphatic rings. The number of ketones is 1. The van der Waals surface area contributed by atoms with Gasteiger partial charge in [-0.2, -0.15) is 0 Å². The van der Waals surface area contributed by atoms with Crippen LogP contribution in [0.5, 0.6) is 0 Å². The van der Waals surface area contributed by atoms with Gasteiger partial charge in [0.1, 0.15) is 5.75 Å². The molecule has 1 aromatic heterocycles. The van der Waals surface area contributed by atoms with Gasteiger partial charge in [0.05, 0.1) is 12.8 Å². The summed E-state index contributed by atoms with van der Waals surface area (Å²) < 4.78 is 24.6. The van der Waals surface area contributed by atoms with E-state index in [4.69, 9.17) is 0 Å². The molecule has 0 aromatic carbocycles. The SMILES string of the molecule is CC(C)S(=O)(=O)CC(=O)c1cc(Br)sc1Br. The molecule has 0 atom stereocenters. The fraction of sp³-hybridized carbons (Fsp3) is 0.444. The first-order chi connectivity index (χ1) is 7.24. The minimum Gasteiger partial charge on any atom is -0.293 e. The lowest BCUT2D eigenvalue weighted by molar-refractivity contribution is 0.102. The largest absolute Gasteiger partial charge is 0.293 e. The number of Topliss-reactive ketones (excluding diaryl/α,β-unsaturated/α-hetero) is 1. The van der Waals surface area contributed by atoms with E-state index in [-0.39, 0.29) is 5.78 Å². The molecule has 3 nitrogen and oxygen atoms in total. The lowest BCUT2D eigenvalue weighted by Crippen LogP contribution is -2.23. The molecule has 0 spiro atoms. The van der Waals surface area contributed by atoms with Crippen LogP contribution in [0.4, 0.5) is 0 Å². The topological polar surface area (TPSA) is 51.2 Å². The van der Waals surface area contributed by atoms with Crippen LogP contribution in [0, 0.1) is 0 Å². The summed E-state index contributed by atoms with van der Waals surface area (Å²) in [6.45, 7) is 3.14. The quantitative estimate of drug-likeness (QED) is 0.742. The highest BCUT2D eigenvalue weighted by molar-refractivity contribution is 9.12. The number of hydrogen-bond donors (Lipinski definition) is 0. The van der Waals surface area contributed by atoms with Crippen LogP contribution in [0.15, 0.2) is 13.6 Å². The van der Waals surface area contributed by atoms with Crippen LogP contribution in [0.25, 0.3) is 0 Å². The van der Waals surface area contributed by atoms with Crippen molar-refractivity contribution in [3.8, 4) is 0 Å². The number of carbonyl (C=O) groups excluding carboxylic acids is 1. The first-order valence-electron chi connectivity index (χ1n) is 4.43. The molecule has 0 saturated carbocycles. The van der Waals surface area contributed by atoms with Crippen molar-refractivity contribution in [1.29, 1.82) is 0 Å². The van der Waals surface area contributed by atoms with Crippen LogP contribution in [0.3, 0.4) is 0 Å². The van der Waals surface area contributed by atoms with Gasteiger partial charge in [-0.05, 0) is 51.8 Å². The van der Waals surface area contributed by atoms with E-state index in [0.717, 1.165) is 3.79 Å². The van der Waals surface area contributed by atoms with Crippen LogP contribution < -0.4 is 0 Å². The van der Waals surface area contributed by atoms with E-state index in [1.54, 1.807) is 19.9 Å². The Hall–Kier alpha value is 0.280. The fourth-order valence-electron chi connectivity index (χ4n) is 0.958. The number of carbonyl (C=O) groups is 1. The van der Waals surface area contributed by atoms with E-state index < -0.39 is 20.8 Å². The molecule has 0 saturated heterocycles. The Balaban J connectivity index is 2.94. The Morgan fingerprint density at radius 2 is 2.00 bits per heavy atom. The van der Waals surface area contributed by atoms with Crippen LogP contribution >= 0.6 is 43.2 Å². The van der Waals surface area contributed by atoms with Crippen molar-refractivity contribution in [2.45, 2.75) is 19.1 Å². The van der Waals surface area contributed by atoms with Crippen molar-refractivity contribution in [3.63, 3.8) is 0 Å². The van der Waals surface area contributed by atoms with Gasteiger partial charge >= 0.3 is 0 Å². The highest BCUT2D eigenvalue weighted by atomic mass is 79.9. The highest BCUT2D eigenvalue weighted by Gasteiger charge is 2.23. The van der Waals surface area contributed by atoms with Gasteiger partial charge in [-0.15, -0.1) is 11.3 Å². The van der Waals surface area contributed by atoms with Gasteiger partial charge in [-0.25, -0.2) is 8.42 Å². The molecule has 0 unspecified atom stereocenters. The first-order valence-corrected chi connectivity index (χ1v) is 8.55. The summed E-state index contributed by atoms with van der Waals surface area (Å²) >= 11 is 7.83. The van der Waals surface area contributed by atoms with Gasteiger partial charge in [0.2, 0.25) is 0 Å². The second-order valence-corrected chi connectivity index (χ2v) is 9.82. The molecule has 0 aliphatic carbocycles. The number of sulfone groups is 1. The van der Waals surface area contributed by atoms with Crippen molar-refractivity contribution in [3.05, 3.63) is 19.2 Å². The van der Waals surface area contributed by atoms with Gasteiger partial charge in [-0.3, -0.25) is 4.79 Å². The molecule has 0 aliphatic heterocycles. The summed E-state index contributed by atoms with van der Waals surface area (Å²) in [5.41, 5.74) is 0.418. The van der Waals surface area contributed by atoms with Crippen molar-refractivity contribution < 1.29 is 13.2 Å². The second kappa shape index (κ2) is 5.29. The predicted octanol–water partition coefficient (Wildman–Crippen LogP) is 3.28. The molecule has 1 aromatic rings. The van der Waals surface area contributed by atoms with E-state index in [2.05, 4.69) is 31.9 Å². The minimum atomic E-state index is -3.33. The first kappa shape index (κ1) is 14.3. The fourth-order valence-corrected chi connectivity index (χ4v) is 4.67. The van der Waals surface area contributed by atoms with E-state index in [1.807, 2.05) is 0 Å². The maximum atomic E-state index is 11.8. The number of thiophene rings is 1. The second-order valence-electron chi connectivity index (χ2n) is 3.52. The van der Waals surface area contributed by atoms with E-state index in [1.165, 1.54) is 11.3 Å². The van der Waals surface area contributed by atoms with E-state index in [9.17, 15) is 13.2 Å². The third kappa shape index (κ3) is 3.38. The highest BCUT2D eigenvalue weighted by Crippen LogP contribution is 2.32. The zero-order valence-corrected chi connectivity index (χ0v) is 13.5. The molecular weight excluding hydrogens is 380 g/mol. The third-order valence-electron chi connectivity index (χ3n) is 2.01. The summed E-state index contributed by atoms with van der Waals surface area (Å²) in [5, 5.41) is -0.530. The minimum absolute atomic E-state index is 0.373. The Morgan fingerprint density at radius 3 is 2.38 bits per heavy atom. The van der Waals surface area contributed by atoms with Crippen molar-refractivity contribution in [1.82, 2.24) is 0 Å². The standard InChI is InChI=1S/C9H10Br2O3S2/c1-5(2)16(13,14)4-7(12)6-3-8(10)15-9(6)11/h3,5H,4H2,1-2H3. The molecule has 0 bridgehead atoms. The maximum absolute atomic E-state index is 11.8. The molecular formula is C9H10Br2O3S2. The van der Waals surface area contributed by atoms with Crippen molar-refractivity contribution in [2.24, 2.45) is 0 Å². The van der Waals surface area contributed by atoms with Gasteiger partial charge in [0.25, 0.3) is 0 Å². The van der Waals surface area contributed by atoms with Crippen molar-refractivity contribution >= 4 is 58.8 Å². The monoisotopic (exact) mass is 388 g/mol. The zero-order valence-electron chi connectivity index (χ0n) is 8.66. The lowest BCUT2D eigenvalue weighted by Gasteiger charge is -2.05.